The van der Waals surface area contributed by atoms with Crippen molar-refractivity contribution in [3.05, 3.63) is 42.0 Å². The van der Waals surface area contributed by atoms with Crippen LogP contribution in [-0.2, 0) is 19.6 Å². The predicted octanol–water partition coefficient (Wildman–Crippen LogP) is 1.84. The van der Waals surface area contributed by atoms with Crippen LogP contribution < -0.4 is 0 Å². The molecular weight excluding hydrogens is 292 g/mol. The first-order valence-corrected chi connectivity index (χ1v) is 6.89. The summed E-state index contributed by atoms with van der Waals surface area (Å²) in [7, 11) is -4.29. The van der Waals surface area contributed by atoms with E-state index in [1.54, 1.807) is 6.92 Å². The van der Waals surface area contributed by atoms with E-state index < -0.39 is 32.5 Å². The first-order valence-electron chi connectivity index (χ1n) is 5.45. The average Bonchev–Trinajstić information content (AvgIpc) is 2.34. The van der Waals surface area contributed by atoms with Gasteiger partial charge in [-0.25, -0.2) is 13.6 Å². The first-order chi connectivity index (χ1) is 9.36. The molecule has 0 unspecified atom stereocenters. The minimum Gasteiger partial charge on any atom is -0.463 e. The third-order valence-electron chi connectivity index (χ3n) is 1.98. The molecule has 0 aliphatic carbocycles. The average molecular weight is 303 g/mol. The highest BCUT2D eigenvalue weighted by Crippen LogP contribution is 2.17. The van der Waals surface area contributed by atoms with Gasteiger partial charge in [0.25, 0.3) is 10.0 Å². The molecule has 0 fully saturated rings. The molecule has 8 heteroatoms. The number of benzene rings is 1. The number of hydrogen-bond donors (Lipinski definition) is 0. The summed E-state index contributed by atoms with van der Waals surface area (Å²) < 4.78 is 56.9. The third-order valence-corrected chi connectivity index (χ3v) is 3.26. The summed E-state index contributed by atoms with van der Waals surface area (Å²) in [6.45, 7) is 1.79. The van der Waals surface area contributed by atoms with Crippen LogP contribution in [0.25, 0.3) is 0 Å². The van der Waals surface area contributed by atoms with Crippen LogP contribution in [0.3, 0.4) is 0 Å². The number of nitrogens with zero attached hydrogens (tertiary/aromatic N) is 1. The van der Waals surface area contributed by atoms with Gasteiger partial charge in [-0.1, -0.05) is 0 Å². The van der Waals surface area contributed by atoms with E-state index in [-0.39, 0.29) is 6.61 Å². The van der Waals surface area contributed by atoms with Crippen LogP contribution >= 0.6 is 0 Å². The standard InChI is InChI=1S/C12H11F2NO4S/c1-2-19-12(16)4-3-7-15-20(17,18)11-6-5-9(13)8-10(11)14/h3-8H,2H2,1H3/b4-3+,15-7+. The summed E-state index contributed by atoms with van der Waals surface area (Å²) >= 11 is 0. The van der Waals surface area contributed by atoms with Gasteiger partial charge in [-0.15, -0.1) is 0 Å². The van der Waals surface area contributed by atoms with Crippen LogP contribution in [0.15, 0.2) is 39.6 Å². The number of ether oxygens (including phenoxy) is 1. The molecule has 0 radical (unpaired) electrons. The zero-order valence-electron chi connectivity index (χ0n) is 10.4. The fourth-order valence-corrected chi connectivity index (χ4v) is 2.06. The van der Waals surface area contributed by atoms with Crippen molar-refractivity contribution in [2.24, 2.45) is 4.40 Å². The smallest absolute Gasteiger partial charge is 0.330 e. The number of carbonyl (C=O) groups excluding carboxylic acids is 1. The van der Waals surface area contributed by atoms with E-state index in [9.17, 15) is 22.0 Å². The van der Waals surface area contributed by atoms with E-state index in [1.807, 2.05) is 0 Å². The van der Waals surface area contributed by atoms with Gasteiger partial charge in [0.2, 0.25) is 0 Å². The Bertz CT molecular complexity index is 653. The number of carbonyl (C=O) groups is 1. The molecule has 0 bridgehead atoms. The van der Waals surface area contributed by atoms with Crippen LogP contribution in [0.5, 0.6) is 0 Å². The van der Waals surface area contributed by atoms with Crippen molar-refractivity contribution in [2.75, 3.05) is 6.61 Å². The Kier molecular flexibility index (Phi) is 5.51. The van der Waals surface area contributed by atoms with E-state index in [0.717, 1.165) is 30.5 Å². The lowest BCUT2D eigenvalue weighted by atomic mass is 10.3. The minimum atomic E-state index is -4.29. The Labute approximate surface area is 114 Å². The van der Waals surface area contributed by atoms with E-state index in [0.29, 0.717) is 6.07 Å². The SMILES string of the molecule is CCOC(=O)/C=C/C=N/S(=O)(=O)c1ccc(F)cc1F. The molecule has 0 amide bonds. The van der Waals surface area contributed by atoms with Gasteiger partial charge < -0.3 is 4.74 Å². The maximum Gasteiger partial charge on any atom is 0.330 e. The maximum absolute atomic E-state index is 13.3. The lowest BCUT2D eigenvalue weighted by Gasteiger charge is -1.99. The van der Waals surface area contributed by atoms with Gasteiger partial charge in [-0.3, -0.25) is 0 Å². The molecule has 108 valence electrons. The molecule has 0 N–H and O–H groups in total. The molecule has 20 heavy (non-hydrogen) atoms. The topological polar surface area (TPSA) is 72.8 Å². The van der Waals surface area contributed by atoms with Gasteiger partial charge in [0.15, 0.2) is 0 Å². The molecule has 0 atom stereocenters. The summed E-state index contributed by atoms with van der Waals surface area (Å²) in [5, 5.41) is 0. The Hall–Kier alpha value is -2.09. The number of esters is 1. The van der Waals surface area contributed by atoms with Crippen LogP contribution in [0.4, 0.5) is 8.78 Å². The van der Waals surface area contributed by atoms with Crippen molar-refractivity contribution < 1.29 is 26.7 Å². The van der Waals surface area contributed by atoms with Crippen molar-refractivity contribution in [1.29, 1.82) is 0 Å². The number of allylic oxidation sites excluding steroid dienone is 1. The van der Waals surface area contributed by atoms with Gasteiger partial charge in [0.05, 0.1) is 6.61 Å². The van der Waals surface area contributed by atoms with Crippen LogP contribution in [0.2, 0.25) is 0 Å². The Morgan fingerprint density at radius 1 is 1.40 bits per heavy atom. The number of halogens is 2. The zero-order chi connectivity index (χ0) is 15.2. The zero-order valence-corrected chi connectivity index (χ0v) is 11.2. The fraction of sp³-hybridized carbons (Fsp3) is 0.167. The predicted molar refractivity (Wildman–Crippen MR) is 67.8 cm³/mol. The Balaban J connectivity index is 2.87. The highest BCUT2D eigenvalue weighted by molar-refractivity contribution is 7.90. The summed E-state index contributed by atoms with van der Waals surface area (Å²) in [6, 6.07) is 2.02. The van der Waals surface area contributed by atoms with Gasteiger partial charge in [-0.2, -0.15) is 12.8 Å². The summed E-state index contributed by atoms with van der Waals surface area (Å²) in [6.07, 6.45) is 2.80. The fourth-order valence-electron chi connectivity index (χ4n) is 1.17. The second-order valence-electron chi connectivity index (χ2n) is 3.42. The molecule has 0 saturated heterocycles. The molecule has 0 aliphatic heterocycles. The van der Waals surface area contributed by atoms with Gasteiger partial charge in [0.1, 0.15) is 16.5 Å². The molecular formula is C12H11F2NO4S. The highest BCUT2D eigenvalue weighted by Gasteiger charge is 2.17. The van der Waals surface area contributed by atoms with Crippen molar-refractivity contribution >= 4 is 22.2 Å². The lowest BCUT2D eigenvalue weighted by Crippen LogP contribution is -2.01. The van der Waals surface area contributed by atoms with E-state index in [1.165, 1.54) is 0 Å². The highest BCUT2D eigenvalue weighted by atomic mass is 32.2. The number of sulfonamides is 1. The molecule has 0 saturated carbocycles. The molecule has 1 rings (SSSR count). The molecule has 0 aromatic heterocycles. The normalized spacial score (nSPS) is 12.2. The van der Waals surface area contributed by atoms with Crippen molar-refractivity contribution in [3.63, 3.8) is 0 Å². The Morgan fingerprint density at radius 2 is 2.10 bits per heavy atom. The van der Waals surface area contributed by atoms with Crippen LogP contribution in [-0.4, -0.2) is 27.2 Å². The molecule has 0 aliphatic rings. The van der Waals surface area contributed by atoms with Crippen molar-refractivity contribution in [2.45, 2.75) is 11.8 Å². The monoisotopic (exact) mass is 303 g/mol. The van der Waals surface area contributed by atoms with Crippen LogP contribution in [0.1, 0.15) is 6.92 Å². The molecule has 1 aromatic carbocycles. The lowest BCUT2D eigenvalue weighted by molar-refractivity contribution is -0.137. The molecule has 5 nitrogen and oxygen atoms in total. The summed E-state index contributed by atoms with van der Waals surface area (Å²) in [5.74, 6) is -2.80. The quantitative estimate of drug-likeness (QED) is 0.473. The van der Waals surface area contributed by atoms with Gasteiger partial charge >= 0.3 is 5.97 Å². The third kappa shape index (κ3) is 4.54. The van der Waals surface area contributed by atoms with E-state index in [4.69, 9.17) is 0 Å². The van der Waals surface area contributed by atoms with Crippen molar-refractivity contribution in [3.8, 4) is 0 Å². The number of rotatable bonds is 5. The summed E-state index contributed by atoms with van der Waals surface area (Å²) in [4.78, 5) is 10.2. The summed E-state index contributed by atoms with van der Waals surface area (Å²) in [5.41, 5.74) is 0. The first kappa shape index (κ1) is 16.0. The maximum atomic E-state index is 13.3. The van der Waals surface area contributed by atoms with Crippen molar-refractivity contribution in [1.82, 2.24) is 0 Å². The largest absolute Gasteiger partial charge is 0.463 e. The second-order valence-corrected chi connectivity index (χ2v) is 5.02. The molecule has 0 heterocycles. The molecule has 0 spiro atoms. The van der Waals surface area contributed by atoms with Gasteiger partial charge in [-0.05, 0) is 25.1 Å². The van der Waals surface area contributed by atoms with Gasteiger partial charge in [0, 0.05) is 18.4 Å². The van der Waals surface area contributed by atoms with E-state index in [2.05, 4.69) is 9.13 Å². The Morgan fingerprint density at radius 3 is 2.70 bits per heavy atom. The second kappa shape index (κ2) is 6.90. The minimum absolute atomic E-state index is 0.180. The molecule has 1 aromatic rings. The number of hydrogen-bond acceptors (Lipinski definition) is 4. The van der Waals surface area contributed by atoms with E-state index >= 15 is 0 Å². The van der Waals surface area contributed by atoms with Crippen LogP contribution in [0, 0.1) is 11.6 Å².